The number of halogens is 4. The zero-order chi connectivity index (χ0) is 35.0. The van der Waals surface area contributed by atoms with Crippen molar-refractivity contribution >= 4 is 39.2 Å². The number of nitrogens with zero attached hydrogens (tertiary/aromatic N) is 9. The van der Waals surface area contributed by atoms with Gasteiger partial charge in [-0.3, -0.25) is 0 Å². The lowest BCUT2D eigenvalue weighted by Crippen LogP contribution is -2.01. The molecule has 0 aliphatic heterocycles. The van der Waals surface area contributed by atoms with Crippen molar-refractivity contribution in [3.05, 3.63) is 155 Å². The van der Waals surface area contributed by atoms with E-state index in [2.05, 4.69) is 19.4 Å². The third kappa shape index (κ3) is 4.23. The van der Waals surface area contributed by atoms with E-state index in [9.17, 15) is 29.8 Å². The van der Waals surface area contributed by atoms with Crippen molar-refractivity contribution in [2.24, 2.45) is 0 Å². The average Bonchev–Trinajstić information content (AvgIpc) is 3.58. The minimum absolute atomic E-state index is 0.242. The molecular formula is C35H5F4N9. The SMILES string of the molecule is [C-]#[N+]C1=C(c2cc(F)c([N+]#[C-])cc2F)/C(=C(/C#N)[N+]#[C-])c2cc3c(c(C#N)c21)/C(=C(/C#N)[N+]#[C-])C(c1cc(F)c(C#N)cc1F)=C3C#N. The smallest absolute Gasteiger partial charge is 0.237 e. The molecule has 0 unspecified atom stereocenters. The molecule has 0 radical (unpaired) electrons. The van der Waals surface area contributed by atoms with Crippen molar-refractivity contribution < 1.29 is 17.6 Å². The summed E-state index contributed by atoms with van der Waals surface area (Å²) in [5.41, 5.74) is -8.84. The summed E-state index contributed by atoms with van der Waals surface area (Å²) in [5, 5.41) is 49.8. The molecule has 0 saturated carbocycles. The van der Waals surface area contributed by atoms with E-state index < -0.39 is 96.2 Å². The second-order valence-electron chi connectivity index (χ2n) is 9.62. The van der Waals surface area contributed by atoms with Crippen LogP contribution in [0.4, 0.5) is 23.2 Å². The van der Waals surface area contributed by atoms with Crippen molar-refractivity contribution in [3.8, 4) is 30.3 Å². The van der Waals surface area contributed by atoms with Crippen LogP contribution >= 0.6 is 0 Å². The highest BCUT2D eigenvalue weighted by molar-refractivity contribution is 6.30. The summed E-state index contributed by atoms with van der Waals surface area (Å²) >= 11 is 0. The standard InChI is InChI=1S/C35H5F4N9/c1-45-26-9-24(38)18(8-25(26)39)33-32(27(13-43)46-2)19-6-16-20(11-41)30(17-7-22(36)15(10-40)5-23(17)37)34(28(14-44)47-3)29(16)21(12-42)31(19)35(33)48-4/h5-9H/b32-27-,34-28+. The van der Waals surface area contributed by atoms with Crippen molar-refractivity contribution in [3.63, 3.8) is 0 Å². The Morgan fingerprint density at radius 1 is 0.562 bits per heavy atom. The Morgan fingerprint density at radius 2 is 1.17 bits per heavy atom. The molecule has 2 aliphatic rings. The Labute approximate surface area is 268 Å². The molecule has 0 saturated heterocycles. The van der Waals surface area contributed by atoms with E-state index in [-0.39, 0.29) is 22.3 Å². The summed E-state index contributed by atoms with van der Waals surface area (Å²) in [5.74, 6) is -4.84. The number of rotatable bonds is 2. The molecule has 48 heavy (non-hydrogen) atoms. The fourth-order valence-corrected chi connectivity index (χ4v) is 5.61. The molecule has 0 N–H and O–H groups in total. The number of hydrogen-bond donors (Lipinski definition) is 0. The lowest BCUT2D eigenvalue weighted by atomic mass is 9.87. The van der Waals surface area contributed by atoms with Gasteiger partial charge in [-0.1, -0.05) is 0 Å². The van der Waals surface area contributed by atoms with Crippen LogP contribution in [0, 0.1) is 106 Å². The maximum Gasteiger partial charge on any atom is 0.270 e. The normalized spacial score (nSPS) is 14.4. The van der Waals surface area contributed by atoms with Crippen LogP contribution in [0.5, 0.6) is 0 Å². The number of allylic oxidation sites excluding steroid dienone is 7. The molecule has 5 rings (SSSR count). The van der Waals surface area contributed by atoms with Crippen LogP contribution in [0.25, 0.3) is 52.9 Å². The van der Waals surface area contributed by atoms with Gasteiger partial charge in [0, 0.05) is 33.4 Å². The molecule has 3 aromatic carbocycles. The predicted molar refractivity (Wildman–Crippen MR) is 159 cm³/mol. The summed E-state index contributed by atoms with van der Waals surface area (Å²) in [6.45, 7) is 30.3. The molecule has 218 valence electrons. The van der Waals surface area contributed by atoms with Crippen LogP contribution in [0.15, 0.2) is 41.7 Å². The van der Waals surface area contributed by atoms with Crippen LogP contribution in [0.1, 0.15) is 44.5 Å². The van der Waals surface area contributed by atoms with Gasteiger partial charge >= 0.3 is 0 Å². The monoisotopic (exact) mass is 627 g/mol. The van der Waals surface area contributed by atoms with E-state index in [1.165, 1.54) is 6.07 Å². The lowest BCUT2D eigenvalue weighted by molar-refractivity contribution is 0.594. The molecule has 13 heteroatoms. The van der Waals surface area contributed by atoms with Gasteiger partial charge in [0.25, 0.3) is 11.4 Å². The molecule has 0 atom stereocenters. The second-order valence-corrected chi connectivity index (χ2v) is 9.62. The first-order valence-corrected chi connectivity index (χ1v) is 12.8. The number of hydrogen-bond acceptors (Lipinski definition) is 5. The van der Waals surface area contributed by atoms with E-state index in [1.54, 1.807) is 18.2 Å². The van der Waals surface area contributed by atoms with Crippen LogP contribution < -0.4 is 0 Å². The molecule has 0 amide bonds. The summed E-state index contributed by atoms with van der Waals surface area (Å²) in [4.78, 5) is 12.7. The van der Waals surface area contributed by atoms with Crippen molar-refractivity contribution in [1.29, 1.82) is 26.3 Å². The zero-order valence-corrected chi connectivity index (χ0v) is 23.4. The van der Waals surface area contributed by atoms with Gasteiger partial charge in [0.15, 0.2) is 0 Å². The maximum atomic E-state index is 15.5. The van der Waals surface area contributed by atoms with Crippen LogP contribution in [0.3, 0.4) is 0 Å². The molecule has 2 aliphatic carbocycles. The van der Waals surface area contributed by atoms with Gasteiger partial charge in [-0.25, -0.2) is 47.5 Å². The van der Waals surface area contributed by atoms with Gasteiger partial charge in [-0.2, -0.15) is 15.8 Å². The highest BCUT2D eigenvalue weighted by atomic mass is 19.1. The first kappa shape index (κ1) is 31.2. The van der Waals surface area contributed by atoms with E-state index in [1.807, 2.05) is 6.07 Å². The molecule has 0 heterocycles. The van der Waals surface area contributed by atoms with Gasteiger partial charge < -0.3 is 0 Å². The average molecular weight is 627 g/mol. The van der Waals surface area contributed by atoms with E-state index in [0.29, 0.717) is 24.3 Å². The molecule has 3 aromatic rings. The number of nitriles is 5. The van der Waals surface area contributed by atoms with Gasteiger partial charge in [0.05, 0.1) is 61.2 Å². The quantitative estimate of drug-likeness (QED) is 0.161. The minimum Gasteiger partial charge on any atom is -0.237 e. The van der Waals surface area contributed by atoms with E-state index in [0.717, 1.165) is 6.07 Å². The second kappa shape index (κ2) is 11.7. The summed E-state index contributed by atoms with van der Waals surface area (Å²) in [6.07, 6.45) is 0. The predicted octanol–water partition coefficient (Wildman–Crippen LogP) is 8.09. The Morgan fingerprint density at radius 3 is 1.71 bits per heavy atom. The van der Waals surface area contributed by atoms with Crippen LogP contribution in [-0.2, 0) is 0 Å². The zero-order valence-electron chi connectivity index (χ0n) is 23.4. The Hall–Kier alpha value is -8.25. The van der Waals surface area contributed by atoms with E-state index in [4.69, 9.17) is 31.6 Å². The van der Waals surface area contributed by atoms with Crippen molar-refractivity contribution in [2.45, 2.75) is 0 Å². The highest BCUT2D eigenvalue weighted by Gasteiger charge is 2.41. The third-order valence-electron chi connectivity index (χ3n) is 7.46. The fourth-order valence-electron chi connectivity index (χ4n) is 5.61. The summed E-state index contributed by atoms with van der Waals surface area (Å²) < 4.78 is 60.7. The first-order valence-electron chi connectivity index (χ1n) is 12.8. The van der Waals surface area contributed by atoms with Crippen LogP contribution in [0.2, 0.25) is 0 Å². The fraction of sp³-hybridized carbons (Fsp3) is 0. The number of benzene rings is 3. The van der Waals surface area contributed by atoms with Crippen molar-refractivity contribution in [2.75, 3.05) is 0 Å². The largest absolute Gasteiger partial charge is 0.270 e. The molecule has 0 spiro atoms. The molecular weight excluding hydrogens is 622 g/mol. The Balaban J connectivity index is 2.04. The molecule has 9 nitrogen and oxygen atoms in total. The topological polar surface area (TPSA) is 136 Å². The number of fused-ring (bicyclic) bond motifs is 2. The maximum absolute atomic E-state index is 15.5. The Bertz CT molecular complexity index is 2610. The lowest BCUT2D eigenvalue weighted by Gasteiger charge is -2.14. The minimum atomic E-state index is -1.22. The van der Waals surface area contributed by atoms with Gasteiger partial charge in [-0.15, -0.1) is 0 Å². The van der Waals surface area contributed by atoms with E-state index >= 15 is 8.78 Å². The highest BCUT2D eigenvalue weighted by Crippen LogP contribution is 2.57. The van der Waals surface area contributed by atoms with Gasteiger partial charge in [-0.05, 0) is 52.6 Å². The Kier molecular flexibility index (Phi) is 7.59. The summed E-state index contributed by atoms with van der Waals surface area (Å²) in [7, 11) is 0. The summed E-state index contributed by atoms with van der Waals surface area (Å²) in [6, 6.07) is 11.7. The van der Waals surface area contributed by atoms with Gasteiger partial charge in [0.1, 0.15) is 35.4 Å². The van der Waals surface area contributed by atoms with Crippen LogP contribution in [-0.4, -0.2) is 0 Å². The van der Waals surface area contributed by atoms with Gasteiger partial charge in [0.2, 0.25) is 11.4 Å². The third-order valence-corrected chi connectivity index (χ3v) is 7.46. The van der Waals surface area contributed by atoms with Crippen molar-refractivity contribution in [1.82, 2.24) is 0 Å². The molecule has 0 fully saturated rings. The molecule has 0 bridgehead atoms. The first-order chi connectivity index (χ1) is 23.1. The molecule has 0 aromatic heterocycles.